The first-order valence-corrected chi connectivity index (χ1v) is 8.51. The largest absolute Gasteiger partial charge is 0.408 e. The van der Waals surface area contributed by atoms with Crippen LogP contribution in [0, 0.1) is 0 Å². The number of hydrogen-bond acceptors (Lipinski definition) is 6. The van der Waals surface area contributed by atoms with Gasteiger partial charge in [0.1, 0.15) is 11.9 Å². The molecule has 7 nitrogen and oxygen atoms in total. The Labute approximate surface area is 152 Å². The van der Waals surface area contributed by atoms with E-state index in [1.807, 2.05) is 12.1 Å². The van der Waals surface area contributed by atoms with Gasteiger partial charge in [-0.1, -0.05) is 6.07 Å². The van der Waals surface area contributed by atoms with Crippen LogP contribution in [-0.4, -0.2) is 46.0 Å². The number of nitrogens with zero attached hydrogens (tertiary/aromatic N) is 4. The van der Waals surface area contributed by atoms with Gasteiger partial charge in [-0.05, 0) is 25.0 Å². The Morgan fingerprint density at radius 1 is 1.26 bits per heavy atom. The van der Waals surface area contributed by atoms with E-state index in [2.05, 4.69) is 25.5 Å². The van der Waals surface area contributed by atoms with Crippen LogP contribution < -0.4 is 16.0 Å². The third-order valence-electron chi connectivity index (χ3n) is 4.75. The van der Waals surface area contributed by atoms with Crippen LogP contribution in [0.1, 0.15) is 12.8 Å². The summed E-state index contributed by atoms with van der Waals surface area (Å²) < 4.78 is 40.1. The van der Waals surface area contributed by atoms with E-state index in [1.165, 1.54) is 4.90 Å². The first-order valence-electron chi connectivity index (χ1n) is 8.51. The van der Waals surface area contributed by atoms with Gasteiger partial charge >= 0.3 is 6.18 Å². The monoisotopic (exact) mass is 377 g/mol. The van der Waals surface area contributed by atoms with Crippen molar-refractivity contribution in [3.05, 3.63) is 24.3 Å². The van der Waals surface area contributed by atoms with Gasteiger partial charge in [0, 0.05) is 30.6 Å². The van der Waals surface area contributed by atoms with E-state index < -0.39 is 12.2 Å². The lowest BCUT2D eigenvalue weighted by molar-refractivity contribution is -0.146. The highest BCUT2D eigenvalue weighted by molar-refractivity contribution is 5.91. The zero-order valence-electron chi connectivity index (χ0n) is 14.5. The molecule has 1 aliphatic heterocycles. The van der Waals surface area contributed by atoms with Crippen LogP contribution in [0.2, 0.25) is 0 Å². The summed E-state index contributed by atoms with van der Waals surface area (Å²) in [5.74, 6) is 0.911. The summed E-state index contributed by atoms with van der Waals surface area (Å²) in [6.45, 7) is 0.305. The molecule has 1 fully saturated rings. The fraction of sp³-hybridized carbons (Fsp3) is 0.353. The molecule has 0 amide bonds. The summed E-state index contributed by atoms with van der Waals surface area (Å²) in [5, 5.41) is 10.4. The average molecular weight is 377 g/mol. The van der Waals surface area contributed by atoms with Gasteiger partial charge in [0.25, 0.3) is 0 Å². The fourth-order valence-corrected chi connectivity index (χ4v) is 3.42. The number of anilines is 3. The second-order valence-electron chi connectivity index (χ2n) is 6.45. The third kappa shape index (κ3) is 3.11. The molecule has 27 heavy (non-hydrogen) atoms. The van der Waals surface area contributed by atoms with E-state index in [0.29, 0.717) is 24.5 Å². The molecule has 1 aromatic carbocycles. The van der Waals surface area contributed by atoms with Crippen molar-refractivity contribution in [1.29, 1.82) is 0 Å². The van der Waals surface area contributed by atoms with Crippen molar-refractivity contribution >= 4 is 28.5 Å². The Hall–Kier alpha value is -3.04. The van der Waals surface area contributed by atoms with Crippen molar-refractivity contribution in [2.75, 3.05) is 29.5 Å². The van der Waals surface area contributed by atoms with Crippen molar-refractivity contribution in [3.63, 3.8) is 0 Å². The molecule has 4 N–H and O–H groups in total. The molecule has 0 bridgehead atoms. The second kappa shape index (κ2) is 6.29. The Morgan fingerprint density at radius 3 is 2.81 bits per heavy atom. The maximum Gasteiger partial charge on any atom is 0.408 e. The highest BCUT2D eigenvalue weighted by Gasteiger charge is 2.46. The number of aromatic nitrogens is 4. The van der Waals surface area contributed by atoms with E-state index in [1.54, 1.807) is 19.2 Å². The molecule has 10 heteroatoms. The number of halogens is 3. The minimum Gasteiger partial charge on any atom is -0.382 e. The SMILES string of the molecule is CNc1nc(-c2ccc3c(N)n[nH]c3c2)cc(N2CCC[C@H]2C(F)(F)F)n1. The molecular weight excluding hydrogens is 359 g/mol. The average Bonchev–Trinajstić information content (AvgIpc) is 3.28. The predicted molar refractivity (Wildman–Crippen MR) is 97.5 cm³/mol. The summed E-state index contributed by atoms with van der Waals surface area (Å²) in [5.41, 5.74) is 7.76. The van der Waals surface area contributed by atoms with Crippen LogP contribution in [0.5, 0.6) is 0 Å². The predicted octanol–water partition coefficient (Wildman–Crippen LogP) is 3.17. The molecule has 0 radical (unpaired) electrons. The maximum atomic E-state index is 13.4. The minimum atomic E-state index is -4.30. The summed E-state index contributed by atoms with van der Waals surface area (Å²) in [6.07, 6.45) is -3.76. The molecule has 1 aliphatic rings. The number of nitrogens with two attached hydrogens (primary N) is 1. The molecule has 2 aromatic heterocycles. The number of nitrogen functional groups attached to an aromatic ring is 1. The van der Waals surface area contributed by atoms with Crippen LogP contribution >= 0.6 is 0 Å². The lowest BCUT2D eigenvalue weighted by Crippen LogP contribution is -2.41. The van der Waals surface area contributed by atoms with E-state index >= 15 is 0 Å². The summed E-state index contributed by atoms with van der Waals surface area (Å²) >= 11 is 0. The minimum absolute atomic E-state index is 0.0666. The standard InChI is InChI=1S/C17H18F3N7/c1-22-16-23-11(9-4-5-10-12(7-9)25-26-15(10)21)8-14(24-16)27-6-2-3-13(27)17(18,19)20/h4-5,7-8,13H,2-3,6H2,1H3,(H3,21,25,26)(H,22,23,24)/t13-/m0/s1. The number of nitrogens with one attached hydrogen (secondary N) is 2. The molecule has 1 atom stereocenters. The van der Waals surface area contributed by atoms with Crippen LogP contribution in [0.25, 0.3) is 22.2 Å². The van der Waals surface area contributed by atoms with Gasteiger partial charge in [-0.3, -0.25) is 5.10 Å². The molecule has 0 unspecified atom stereocenters. The van der Waals surface area contributed by atoms with Crippen molar-refractivity contribution in [2.24, 2.45) is 0 Å². The third-order valence-corrected chi connectivity index (χ3v) is 4.75. The lowest BCUT2D eigenvalue weighted by Gasteiger charge is -2.28. The molecule has 3 aromatic rings. The van der Waals surface area contributed by atoms with Crippen LogP contribution in [0.3, 0.4) is 0 Å². The van der Waals surface area contributed by atoms with Gasteiger partial charge in [0.15, 0.2) is 5.82 Å². The Kier molecular flexibility index (Phi) is 4.05. The number of alkyl halides is 3. The zero-order valence-corrected chi connectivity index (χ0v) is 14.5. The van der Waals surface area contributed by atoms with Crippen molar-refractivity contribution in [2.45, 2.75) is 25.1 Å². The highest BCUT2D eigenvalue weighted by atomic mass is 19.4. The Bertz CT molecular complexity index is 982. The van der Waals surface area contributed by atoms with Gasteiger partial charge in [-0.2, -0.15) is 23.3 Å². The number of aromatic amines is 1. The molecule has 0 aliphatic carbocycles. The van der Waals surface area contributed by atoms with Crippen molar-refractivity contribution in [1.82, 2.24) is 20.2 Å². The maximum absolute atomic E-state index is 13.4. The summed E-state index contributed by atoms with van der Waals surface area (Å²) in [4.78, 5) is 9.96. The van der Waals surface area contributed by atoms with Gasteiger partial charge < -0.3 is 16.0 Å². The molecular formula is C17H18F3N7. The number of rotatable bonds is 3. The normalized spacial score (nSPS) is 17.6. The van der Waals surface area contributed by atoms with E-state index in [0.717, 1.165) is 16.5 Å². The van der Waals surface area contributed by atoms with E-state index in [4.69, 9.17) is 5.73 Å². The van der Waals surface area contributed by atoms with E-state index in [9.17, 15) is 13.2 Å². The lowest BCUT2D eigenvalue weighted by atomic mass is 10.1. The van der Waals surface area contributed by atoms with Gasteiger partial charge in [-0.25, -0.2) is 4.98 Å². The Balaban J connectivity index is 1.78. The molecule has 0 spiro atoms. The number of H-pyrrole nitrogens is 1. The smallest absolute Gasteiger partial charge is 0.382 e. The molecule has 3 heterocycles. The number of fused-ring (bicyclic) bond motifs is 1. The first-order chi connectivity index (χ1) is 12.9. The summed E-state index contributed by atoms with van der Waals surface area (Å²) in [7, 11) is 1.63. The summed E-state index contributed by atoms with van der Waals surface area (Å²) in [6, 6.07) is 5.49. The molecule has 142 valence electrons. The fourth-order valence-electron chi connectivity index (χ4n) is 3.42. The van der Waals surface area contributed by atoms with Crippen LogP contribution in [0.15, 0.2) is 24.3 Å². The van der Waals surface area contributed by atoms with Crippen molar-refractivity contribution < 1.29 is 13.2 Å². The van der Waals surface area contributed by atoms with Gasteiger partial charge in [0.05, 0.1) is 11.2 Å². The topological polar surface area (TPSA) is 95.8 Å². The van der Waals surface area contributed by atoms with Gasteiger partial charge in [-0.15, -0.1) is 0 Å². The number of benzene rings is 1. The van der Waals surface area contributed by atoms with Gasteiger partial charge in [0.2, 0.25) is 5.95 Å². The van der Waals surface area contributed by atoms with Crippen LogP contribution in [-0.2, 0) is 0 Å². The second-order valence-corrected chi connectivity index (χ2v) is 6.45. The molecule has 4 rings (SSSR count). The zero-order chi connectivity index (χ0) is 19.2. The van der Waals surface area contributed by atoms with Crippen LogP contribution in [0.4, 0.5) is 30.8 Å². The van der Waals surface area contributed by atoms with Crippen molar-refractivity contribution in [3.8, 4) is 11.3 Å². The molecule has 0 saturated carbocycles. The Morgan fingerprint density at radius 2 is 2.07 bits per heavy atom. The highest BCUT2D eigenvalue weighted by Crippen LogP contribution is 2.36. The van der Waals surface area contributed by atoms with E-state index in [-0.39, 0.29) is 18.2 Å². The quantitative estimate of drug-likeness (QED) is 0.649. The first kappa shape index (κ1) is 17.4. The molecule has 1 saturated heterocycles. The number of hydrogen-bond donors (Lipinski definition) is 3.